The molecular weight excluding hydrogens is 371 g/mol. The average Bonchev–Trinajstić information content (AvgIpc) is 2.79. The Morgan fingerprint density at radius 2 is 1.73 bits per heavy atom. The number of carbonyl (C=O) groups is 1. The van der Waals surface area contributed by atoms with Crippen molar-refractivity contribution in [2.75, 3.05) is 11.6 Å². The minimum Gasteiger partial charge on any atom is -0.335 e. The maximum atomic E-state index is 13.0. The second-order valence-corrected chi connectivity index (χ2v) is 8.68. The Morgan fingerprint density at radius 3 is 2.27 bits per heavy atom. The van der Waals surface area contributed by atoms with Gasteiger partial charge in [0.15, 0.2) is 0 Å². The number of amides is 2. The summed E-state index contributed by atoms with van der Waals surface area (Å²) in [4.78, 5) is 12.2. The van der Waals surface area contributed by atoms with Crippen LogP contribution < -0.4 is 10.6 Å². The first-order chi connectivity index (χ1) is 12.1. The van der Waals surface area contributed by atoms with Gasteiger partial charge in [-0.25, -0.2) is 13.2 Å². The van der Waals surface area contributed by atoms with Crippen LogP contribution in [0.2, 0.25) is 0 Å². The topological polar surface area (TPSA) is 78.5 Å². The number of para-hydroxylation sites is 1. The number of hydrogen-bond donors (Lipinski definition) is 2. The van der Waals surface area contributed by atoms with Crippen LogP contribution in [-0.4, -0.2) is 43.1 Å². The van der Waals surface area contributed by atoms with Crippen molar-refractivity contribution in [2.45, 2.75) is 50.0 Å². The summed E-state index contributed by atoms with van der Waals surface area (Å²) in [5.41, 5.74) is -1.23. The molecule has 6 nitrogen and oxygen atoms in total. The van der Waals surface area contributed by atoms with Crippen LogP contribution in [0.5, 0.6) is 0 Å². The summed E-state index contributed by atoms with van der Waals surface area (Å²) >= 11 is 0. The van der Waals surface area contributed by atoms with E-state index in [-0.39, 0.29) is 23.8 Å². The monoisotopic (exact) mass is 391 g/mol. The van der Waals surface area contributed by atoms with E-state index >= 15 is 0 Å². The molecule has 0 spiro atoms. The molecule has 2 fully saturated rings. The highest BCUT2D eigenvalue weighted by atomic mass is 32.2. The predicted octanol–water partition coefficient (Wildman–Crippen LogP) is 2.78. The van der Waals surface area contributed by atoms with Crippen LogP contribution in [0.4, 0.5) is 23.7 Å². The zero-order valence-corrected chi connectivity index (χ0v) is 14.9. The number of benzene rings is 1. The lowest BCUT2D eigenvalue weighted by Gasteiger charge is -2.37. The van der Waals surface area contributed by atoms with E-state index in [0.29, 0.717) is 12.8 Å². The van der Waals surface area contributed by atoms with Gasteiger partial charge >= 0.3 is 12.2 Å². The molecular formula is C16H20F3N3O3S. The standard InChI is InChI=1S/C16H20F3N3O3S/c1-26(24,25)22-11-6-7-12(22)9-10(8-11)20-15(23)21-14-5-3-2-4-13(14)16(17,18)19/h2-5,10-12H,6-9H2,1H3,(H2,20,21,23). The Balaban J connectivity index is 1.65. The summed E-state index contributed by atoms with van der Waals surface area (Å²) in [5, 5.41) is 4.93. The van der Waals surface area contributed by atoms with Gasteiger partial charge in [0, 0.05) is 18.1 Å². The normalized spacial score (nSPS) is 26.5. The molecule has 2 N–H and O–H groups in total. The summed E-state index contributed by atoms with van der Waals surface area (Å²) in [5.74, 6) is 0. The largest absolute Gasteiger partial charge is 0.418 e. The van der Waals surface area contributed by atoms with Gasteiger partial charge in [-0.3, -0.25) is 0 Å². The summed E-state index contributed by atoms with van der Waals surface area (Å²) in [7, 11) is -3.30. The molecule has 2 bridgehead atoms. The van der Waals surface area contributed by atoms with Gasteiger partial charge in [0.1, 0.15) is 0 Å². The quantitative estimate of drug-likeness (QED) is 0.832. The zero-order valence-electron chi connectivity index (χ0n) is 14.1. The van der Waals surface area contributed by atoms with E-state index in [1.165, 1.54) is 28.8 Å². The summed E-state index contributed by atoms with van der Waals surface area (Å²) in [6.45, 7) is 0. The van der Waals surface area contributed by atoms with Gasteiger partial charge in [-0.15, -0.1) is 0 Å². The highest BCUT2D eigenvalue weighted by Crippen LogP contribution is 2.38. The smallest absolute Gasteiger partial charge is 0.335 e. The molecule has 1 aromatic rings. The highest BCUT2D eigenvalue weighted by molar-refractivity contribution is 7.88. The molecule has 26 heavy (non-hydrogen) atoms. The Labute approximate surface area is 149 Å². The molecule has 2 heterocycles. The first kappa shape index (κ1) is 19.0. The van der Waals surface area contributed by atoms with Crippen molar-refractivity contribution >= 4 is 21.7 Å². The molecule has 0 aromatic heterocycles. The van der Waals surface area contributed by atoms with Gasteiger partial charge in [0.25, 0.3) is 0 Å². The van der Waals surface area contributed by atoms with Crippen molar-refractivity contribution in [1.82, 2.24) is 9.62 Å². The van der Waals surface area contributed by atoms with Gasteiger partial charge in [-0.2, -0.15) is 17.5 Å². The lowest BCUT2D eigenvalue weighted by atomic mass is 10.00. The minimum absolute atomic E-state index is 0.170. The second kappa shape index (κ2) is 6.73. The van der Waals surface area contributed by atoms with Crippen molar-refractivity contribution in [3.05, 3.63) is 29.8 Å². The Morgan fingerprint density at radius 1 is 1.15 bits per heavy atom. The zero-order chi connectivity index (χ0) is 19.1. The number of piperidine rings is 1. The SMILES string of the molecule is CS(=O)(=O)N1C2CCC1CC(NC(=O)Nc1ccccc1C(F)(F)F)C2. The number of fused-ring (bicyclic) bond motifs is 2. The minimum atomic E-state index is -4.57. The molecule has 2 aliphatic heterocycles. The van der Waals surface area contributed by atoms with Gasteiger partial charge in [0.2, 0.25) is 10.0 Å². The van der Waals surface area contributed by atoms with Crippen molar-refractivity contribution < 1.29 is 26.4 Å². The van der Waals surface area contributed by atoms with E-state index in [1.54, 1.807) is 0 Å². The Kier molecular flexibility index (Phi) is 4.91. The summed E-state index contributed by atoms with van der Waals surface area (Å²) in [6.07, 6.45) is -1.02. The van der Waals surface area contributed by atoms with Crippen LogP contribution in [0.25, 0.3) is 0 Å². The molecule has 0 radical (unpaired) electrons. The van der Waals surface area contributed by atoms with E-state index in [4.69, 9.17) is 0 Å². The average molecular weight is 391 g/mol. The molecule has 2 unspecified atom stereocenters. The fourth-order valence-corrected chi connectivity index (χ4v) is 5.44. The van der Waals surface area contributed by atoms with Crippen LogP contribution in [0.1, 0.15) is 31.2 Å². The van der Waals surface area contributed by atoms with Gasteiger partial charge < -0.3 is 10.6 Å². The number of nitrogens with zero attached hydrogens (tertiary/aromatic N) is 1. The number of hydrogen-bond acceptors (Lipinski definition) is 3. The lowest BCUT2D eigenvalue weighted by Crippen LogP contribution is -2.52. The molecule has 0 aliphatic carbocycles. The van der Waals surface area contributed by atoms with E-state index in [9.17, 15) is 26.4 Å². The molecule has 0 saturated carbocycles. The fourth-order valence-electron chi connectivity index (χ4n) is 3.98. The number of halogens is 3. The third kappa shape index (κ3) is 3.96. The molecule has 2 aliphatic rings. The number of alkyl halides is 3. The van der Waals surface area contributed by atoms with Gasteiger partial charge in [-0.05, 0) is 37.8 Å². The summed E-state index contributed by atoms with van der Waals surface area (Å²) in [6, 6.07) is 3.43. The molecule has 2 atom stereocenters. The first-order valence-corrected chi connectivity index (χ1v) is 10.1. The molecule has 3 rings (SSSR count). The van der Waals surface area contributed by atoms with E-state index < -0.39 is 27.8 Å². The van der Waals surface area contributed by atoms with Crippen LogP contribution in [-0.2, 0) is 16.2 Å². The maximum Gasteiger partial charge on any atom is 0.418 e. The fraction of sp³-hybridized carbons (Fsp3) is 0.562. The van der Waals surface area contributed by atoms with Crippen LogP contribution in [0.15, 0.2) is 24.3 Å². The van der Waals surface area contributed by atoms with E-state index in [0.717, 1.165) is 18.9 Å². The number of sulfonamides is 1. The van der Waals surface area contributed by atoms with E-state index in [1.807, 2.05) is 0 Å². The van der Waals surface area contributed by atoms with Crippen LogP contribution in [0.3, 0.4) is 0 Å². The molecule has 2 amide bonds. The van der Waals surface area contributed by atoms with Crippen molar-refractivity contribution in [3.63, 3.8) is 0 Å². The van der Waals surface area contributed by atoms with Crippen molar-refractivity contribution in [3.8, 4) is 0 Å². The number of anilines is 1. The van der Waals surface area contributed by atoms with Crippen molar-refractivity contribution in [1.29, 1.82) is 0 Å². The summed E-state index contributed by atoms with van der Waals surface area (Å²) < 4.78 is 64.2. The Hall–Kier alpha value is -1.81. The third-order valence-corrected chi connectivity index (χ3v) is 6.23. The highest BCUT2D eigenvalue weighted by Gasteiger charge is 2.45. The maximum absolute atomic E-state index is 13.0. The number of urea groups is 1. The van der Waals surface area contributed by atoms with Crippen LogP contribution >= 0.6 is 0 Å². The third-order valence-electron chi connectivity index (χ3n) is 4.86. The van der Waals surface area contributed by atoms with Gasteiger partial charge in [-0.1, -0.05) is 12.1 Å². The molecule has 10 heteroatoms. The molecule has 2 saturated heterocycles. The number of carbonyl (C=O) groups excluding carboxylic acids is 1. The Bertz CT molecular complexity index is 783. The van der Waals surface area contributed by atoms with Crippen LogP contribution in [0, 0.1) is 0 Å². The molecule has 1 aromatic carbocycles. The van der Waals surface area contributed by atoms with Gasteiger partial charge in [0.05, 0.1) is 17.5 Å². The predicted molar refractivity (Wildman–Crippen MR) is 90.1 cm³/mol. The second-order valence-electron chi connectivity index (χ2n) is 6.79. The number of rotatable bonds is 3. The molecule has 144 valence electrons. The lowest BCUT2D eigenvalue weighted by molar-refractivity contribution is -0.136. The first-order valence-electron chi connectivity index (χ1n) is 8.28. The van der Waals surface area contributed by atoms with E-state index in [2.05, 4.69) is 10.6 Å². The number of nitrogens with one attached hydrogen (secondary N) is 2. The van der Waals surface area contributed by atoms with Crippen molar-refractivity contribution in [2.24, 2.45) is 0 Å².